The summed E-state index contributed by atoms with van der Waals surface area (Å²) in [6.45, 7) is 4.56. The molecule has 0 amide bonds. The highest BCUT2D eigenvalue weighted by molar-refractivity contribution is 5.50. The highest BCUT2D eigenvalue weighted by Gasteiger charge is 2.01. The standard InChI is InChI=1S/C15H17NO2/c1-3-17-12-5-4-6-13(10-12)18-14-7-8-15(16)11(2)9-14/h4-10H,3,16H2,1-2H3. The van der Waals surface area contributed by atoms with Crippen LogP contribution in [0.1, 0.15) is 12.5 Å². The van der Waals surface area contributed by atoms with Crippen LogP contribution in [0.15, 0.2) is 42.5 Å². The Hall–Kier alpha value is -2.16. The largest absolute Gasteiger partial charge is 0.494 e. The van der Waals surface area contributed by atoms with Crippen molar-refractivity contribution in [3.8, 4) is 17.2 Å². The monoisotopic (exact) mass is 243 g/mol. The Balaban J connectivity index is 2.17. The Morgan fingerprint density at radius 1 is 1.00 bits per heavy atom. The zero-order chi connectivity index (χ0) is 13.0. The van der Waals surface area contributed by atoms with Gasteiger partial charge in [-0.1, -0.05) is 6.07 Å². The van der Waals surface area contributed by atoms with Crippen molar-refractivity contribution in [2.24, 2.45) is 0 Å². The predicted molar refractivity (Wildman–Crippen MR) is 73.3 cm³/mol. The summed E-state index contributed by atoms with van der Waals surface area (Å²) < 4.78 is 11.2. The van der Waals surface area contributed by atoms with E-state index in [0.29, 0.717) is 6.61 Å². The van der Waals surface area contributed by atoms with Crippen LogP contribution in [-0.2, 0) is 0 Å². The maximum Gasteiger partial charge on any atom is 0.131 e. The zero-order valence-corrected chi connectivity index (χ0v) is 10.6. The van der Waals surface area contributed by atoms with E-state index in [1.54, 1.807) is 0 Å². The first-order valence-electron chi connectivity index (χ1n) is 5.96. The normalized spacial score (nSPS) is 10.1. The van der Waals surface area contributed by atoms with Gasteiger partial charge in [0.2, 0.25) is 0 Å². The summed E-state index contributed by atoms with van der Waals surface area (Å²) in [6, 6.07) is 13.2. The maximum absolute atomic E-state index is 5.77. The molecule has 0 aromatic heterocycles. The van der Waals surface area contributed by atoms with Crippen LogP contribution < -0.4 is 15.2 Å². The molecule has 2 aromatic rings. The number of hydrogen-bond acceptors (Lipinski definition) is 3. The molecule has 3 nitrogen and oxygen atoms in total. The number of benzene rings is 2. The summed E-state index contributed by atoms with van der Waals surface area (Å²) in [5.74, 6) is 2.34. The summed E-state index contributed by atoms with van der Waals surface area (Å²) in [5.41, 5.74) is 7.55. The third kappa shape index (κ3) is 2.94. The first-order valence-corrected chi connectivity index (χ1v) is 5.96. The molecule has 2 aromatic carbocycles. The number of anilines is 1. The van der Waals surface area contributed by atoms with E-state index in [-0.39, 0.29) is 0 Å². The van der Waals surface area contributed by atoms with E-state index in [2.05, 4.69) is 0 Å². The van der Waals surface area contributed by atoms with Crippen molar-refractivity contribution in [1.29, 1.82) is 0 Å². The summed E-state index contributed by atoms with van der Waals surface area (Å²) in [7, 11) is 0. The number of nitrogens with two attached hydrogens (primary N) is 1. The molecule has 0 heterocycles. The lowest BCUT2D eigenvalue weighted by atomic mass is 10.2. The number of ether oxygens (including phenoxy) is 2. The minimum Gasteiger partial charge on any atom is -0.494 e. The van der Waals surface area contributed by atoms with Gasteiger partial charge in [0.25, 0.3) is 0 Å². The number of rotatable bonds is 4. The van der Waals surface area contributed by atoms with Crippen molar-refractivity contribution in [3.63, 3.8) is 0 Å². The Kier molecular flexibility index (Phi) is 3.72. The molecule has 94 valence electrons. The molecule has 18 heavy (non-hydrogen) atoms. The summed E-state index contributed by atoms with van der Waals surface area (Å²) in [4.78, 5) is 0. The fourth-order valence-corrected chi connectivity index (χ4v) is 1.64. The average molecular weight is 243 g/mol. The molecule has 0 spiro atoms. The van der Waals surface area contributed by atoms with E-state index in [4.69, 9.17) is 15.2 Å². The molecular formula is C15H17NO2. The second-order valence-electron chi connectivity index (χ2n) is 4.03. The van der Waals surface area contributed by atoms with Gasteiger partial charge in [-0.25, -0.2) is 0 Å². The van der Waals surface area contributed by atoms with Crippen LogP contribution in [0.3, 0.4) is 0 Å². The molecule has 0 aliphatic carbocycles. The molecule has 0 atom stereocenters. The Bertz CT molecular complexity index is 538. The predicted octanol–water partition coefficient (Wildman–Crippen LogP) is 3.77. The molecule has 0 aliphatic rings. The van der Waals surface area contributed by atoms with Crippen molar-refractivity contribution in [2.45, 2.75) is 13.8 Å². The van der Waals surface area contributed by atoms with Crippen molar-refractivity contribution >= 4 is 5.69 Å². The molecule has 2 N–H and O–H groups in total. The molecule has 2 rings (SSSR count). The third-order valence-corrected chi connectivity index (χ3v) is 2.59. The number of aryl methyl sites for hydroxylation is 1. The van der Waals surface area contributed by atoms with Crippen molar-refractivity contribution in [2.75, 3.05) is 12.3 Å². The Labute approximate surface area is 107 Å². The first kappa shape index (κ1) is 12.3. The highest BCUT2D eigenvalue weighted by atomic mass is 16.5. The molecule has 0 aliphatic heterocycles. The van der Waals surface area contributed by atoms with Gasteiger partial charge in [0, 0.05) is 11.8 Å². The second-order valence-corrected chi connectivity index (χ2v) is 4.03. The van der Waals surface area contributed by atoms with Crippen molar-refractivity contribution < 1.29 is 9.47 Å². The van der Waals surface area contributed by atoms with Crippen LogP contribution in [0.5, 0.6) is 17.2 Å². The van der Waals surface area contributed by atoms with Crippen molar-refractivity contribution in [3.05, 3.63) is 48.0 Å². The second kappa shape index (κ2) is 5.45. The van der Waals surface area contributed by atoms with Crippen LogP contribution in [0.2, 0.25) is 0 Å². The average Bonchev–Trinajstić information content (AvgIpc) is 2.35. The summed E-state index contributed by atoms with van der Waals surface area (Å²) in [6.07, 6.45) is 0. The minimum atomic E-state index is 0.643. The lowest BCUT2D eigenvalue weighted by Gasteiger charge is -2.09. The van der Waals surface area contributed by atoms with Crippen LogP contribution in [0, 0.1) is 6.92 Å². The van der Waals surface area contributed by atoms with Crippen LogP contribution >= 0.6 is 0 Å². The van der Waals surface area contributed by atoms with E-state index in [1.165, 1.54) is 0 Å². The van der Waals surface area contributed by atoms with Gasteiger partial charge >= 0.3 is 0 Å². The highest BCUT2D eigenvalue weighted by Crippen LogP contribution is 2.27. The molecule has 0 radical (unpaired) electrons. The fourth-order valence-electron chi connectivity index (χ4n) is 1.64. The van der Waals surface area contributed by atoms with Gasteiger partial charge < -0.3 is 15.2 Å². The summed E-state index contributed by atoms with van der Waals surface area (Å²) in [5, 5.41) is 0. The summed E-state index contributed by atoms with van der Waals surface area (Å²) >= 11 is 0. The Morgan fingerprint density at radius 2 is 1.72 bits per heavy atom. The third-order valence-electron chi connectivity index (χ3n) is 2.59. The van der Waals surface area contributed by atoms with Crippen LogP contribution in [-0.4, -0.2) is 6.61 Å². The first-order chi connectivity index (χ1) is 8.69. The van der Waals surface area contributed by atoms with E-state index in [1.807, 2.05) is 56.3 Å². The van der Waals surface area contributed by atoms with Crippen molar-refractivity contribution in [1.82, 2.24) is 0 Å². The van der Waals surface area contributed by atoms with Gasteiger partial charge in [-0.15, -0.1) is 0 Å². The molecule has 0 fully saturated rings. The maximum atomic E-state index is 5.77. The van der Waals surface area contributed by atoms with Gasteiger partial charge in [-0.05, 0) is 49.7 Å². The number of nitrogen functional groups attached to an aromatic ring is 1. The van der Waals surface area contributed by atoms with E-state index in [0.717, 1.165) is 28.5 Å². The topological polar surface area (TPSA) is 44.5 Å². The molecule has 0 saturated heterocycles. The van der Waals surface area contributed by atoms with Crippen LogP contribution in [0.4, 0.5) is 5.69 Å². The number of hydrogen-bond donors (Lipinski definition) is 1. The quantitative estimate of drug-likeness (QED) is 0.831. The van der Waals surface area contributed by atoms with E-state index >= 15 is 0 Å². The van der Waals surface area contributed by atoms with Gasteiger partial charge in [-0.3, -0.25) is 0 Å². The molecule has 0 saturated carbocycles. The van der Waals surface area contributed by atoms with Crippen LogP contribution in [0.25, 0.3) is 0 Å². The zero-order valence-electron chi connectivity index (χ0n) is 10.6. The molecular weight excluding hydrogens is 226 g/mol. The molecule has 0 bridgehead atoms. The van der Waals surface area contributed by atoms with Gasteiger partial charge in [0.05, 0.1) is 6.61 Å². The lowest BCUT2D eigenvalue weighted by molar-refractivity contribution is 0.338. The smallest absolute Gasteiger partial charge is 0.131 e. The fraction of sp³-hybridized carbons (Fsp3) is 0.200. The van der Waals surface area contributed by atoms with Gasteiger partial charge in [-0.2, -0.15) is 0 Å². The molecule has 3 heteroatoms. The molecule has 0 unspecified atom stereocenters. The SMILES string of the molecule is CCOc1cccc(Oc2ccc(N)c(C)c2)c1. The van der Waals surface area contributed by atoms with E-state index < -0.39 is 0 Å². The lowest BCUT2D eigenvalue weighted by Crippen LogP contribution is -1.93. The van der Waals surface area contributed by atoms with E-state index in [9.17, 15) is 0 Å². The van der Waals surface area contributed by atoms with Gasteiger partial charge in [0.1, 0.15) is 17.2 Å². The Morgan fingerprint density at radius 3 is 2.44 bits per heavy atom. The minimum absolute atomic E-state index is 0.643. The van der Waals surface area contributed by atoms with Gasteiger partial charge in [0.15, 0.2) is 0 Å².